The maximum absolute atomic E-state index is 8.84. The van der Waals surface area contributed by atoms with E-state index in [1.165, 1.54) is 0 Å². The van der Waals surface area contributed by atoms with Crippen molar-refractivity contribution in [2.75, 3.05) is 26.4 Å². The Hall–Kier alpha value is -0.160. The number of rotatable bonds is 11. The predicted molar refractivity (Wildman–Crippen MR) is 68.2 cm³/mol. The molecule has 0 aromatic rings. The van der Waals surface area contributed by atoms with E-state index in [0.717, 1.165) is 19.4 Å². The Balaban J connectivity index is 3.45. The molecule has 0 amide bonds. The summed E-state index contributed by atoms with van der Waals surface area (Å²) in [4.78, 5) is 0. The second kappa shape index (κ2) is 11.0. The average molecular weight is 248 g/mol. The molecule has 104 valence electrons. The molecule has 1 N–H and O–H groups in total. The van der Waals surface area contributed by atoms with Gasteiger partial charge in [-0.05, 0) is 27.2 Å². The van der Waals surface area contributed by atoms with Crippen molar-refractivity contribution in [3.8, 4) is 0 Å². The van der Waals surface area contributed by atoms with Gasteiger partial charge in [0.25, 0.3) is 0 Å². The number of ether oxygens (including phenoxy) is 3. The van der Waals surface area contributed by atoms with Gasteiger partial charge < -0.3 is 19.3 Å². The Labute approximate surface area is 105 Å². The molecular weight excluding hydrogens is 220 g/mol. The molecular formula is C13H28O4. The molecule has 0 saturated carbocycles. The van der Waals surface area contributed by atoms with Crippen molar-refractivity contribution in [3.05, 3.63) is 0 Å². The van der Waals surface area contributed by atoms with Crippen LogP contribution in [0.15, 0.2) is 0 Å². The van der Waals surface area contributed by atoms with Crippen LogP contribution in [0.4, 0.5) is 0 Å². The first-order valence-corrected chi connectivity index (χ1v) is 6.55. The topological polar surface area (TPSA) is 47.9 Å². The van der Waals surface area contributed by atoms with E-state index in [2.05, 4.69) is 6.92 Å². The van der Waals surface area contributed by atoms with E-state index in [9.17, 15) is 0 Å². The lowest BCUT2D eigenvalue weighted by molar-refractivity contribution is -0.0845. The molecule has 0 saturated heterocycles. The van der Waals surface area contributed by atoms with Gasteiger partial charge in [-0.1, -0.05) is 13.3 Å². The number of aliphatic hydroxyl groups excluding tert-OH is 1. The lowest BCUT2D eigenvalue weighted by Crippen LogP contribution is -2.27. The van der Waals surface area contributed by atoms with Crippen molar-refractivity contribution in [2.24, 2.45) is 0 Å². The van der Waals surface area contributed by atoms with E-state index in [1.54, 1.807) is 0 Å². The molecule has 4 heteroatoms. The lowest BCUT2D eigenvalue weighted by atomic mass is 10.3. The van der Waals surface area contributed by atoms with Crippen LogP contribution < -0.4 is 0 Å². The number of unbranched alkanes of at least 4 members (excludes halogenated alkanes) is 1. The van der Waals surface area contributed by atoms with Crippen molar-refractivity contribution in [1.82, 2.24) is 0 Å². The summed E-state index contributed by atoms with van der Waals surface area (Å²) in [6.07, 6.45) is 2.20. The zero-order valence-corrected chi connectivity index (χ0v) is 11.6. The van der Waals surface area contributed by atoms with Crippen LogP contribution >= 0.6 is 0 Å². The third-order valence-corrected chi connectivity index (χ3v) is 2.33. The van der Waals surface area contributed by atoms with E-state index < -0.39 is 0 Å². The smallest absolute Gasteiger partial charge is 0.0785 e. The summed E-state index contributed by atoms with van der Waals surface area (Å²) >= 11 is 0. The highest BCUT2D eigenvalue weighted by Crippen LogP contribution is 2.01. The van der Waals surface area contributed by atoms with Crippen LogP contribution in [0.2, 0.25) is 0 Å². The molecule has 0 radical (unpaired) electrons. The van der Waals surface area contributed by atoms with Gasteiger partial charge in [-0.25, -0.2) is 0 Å². The minimum absolute atomic E-state index is 0.00441. The van der Waals surface area contributed by atoms with Gasteiger partial charge >= 0.3 is 0 Å². The van der Waals surface area contributed by atoms with Gasteiger partial charge in [0.2, 0.25) is 0 Å². The molecule has 0 bridgehead atoms. The fraction of sp³-hybridized carbons (Fsp3) is 1.00. The Morgan fingerprint density at radius 2 is 1.71 bits per heavy atom. The molecule has 0 aliphatic rings. The van der Waals surface area contributed by atoms with E-state index in [0.29, 0.717) is 13.2 Å². The Morgan fingerprint density at radius 3 is 2.29 bits per heavy atom. The molecule has 17 heavy (non-hydrogen) atoms. The molecule has 0 spiro atoms. The van der Waals surface area contributed by atoms with E-state index in [-0.39, 0.29) is 24.9 Å². The van der Waals surface area contributed by atoms with E-state index >= 15 is 0 Å². The molecule has 0 aromatic carbocycles. The minimum Gasteiger partial charge on any atom is -0.394 e. The van der Waals surface area contributed by atoms with Gasteiger partial charge in [-0.15, -0.1) is 0 Å². The first-order chi connectivity index (χ1) is 8.10. The SMILES string of the molecule is CCCCOCC(C)OCC(C)OC(C)CO. The van der Waals surface area contributed by atoms with Gasteiger partial charge in [0.15, 0.2) is 0 Å². The van der Waals surface area contributed by atoms with Crippen molar-refractivity contribution in [2.45, 2.75) is 58.8 Å². The van der Waals surface area contributed by atoms with Crippen LogP contribution in [0.5, 0.6) is 0 Å². The Morgan fingerprint density at radius 1 is 1.00 bits per heavy atom. The monoisotopic (exact) mass is 248 g/mol. The maximum Gasteiger partial charge on any atom is 0.0785 e. The van der Waals surface area contributed by atoms with Crippen LogP contribution in [0.1, 0.15) is 40.5 Å². The first kappa shape index (κ1) is 16.8. The molecule has 4 nitrogen and oxygen atoms in total. The summed E-state index contributed by atoms with van der Waals surface area (Å²) in [6.45, 7) is 9.92. The highest BCUT2D eigenvalue weighted by Gasteiger charge is 2.10. The van der Waals surface area contributed by atoms with E-state index in [1.807, 2.05) is 20.8 Å². The van der Waals surface area contributed by atoms with Gasteiger partial charge in [0.05, 0.1) is 38.1 Å². The van der Waals surface area contributed by atoms with Crippen molar-refractivity contribution >= 4 is 0 Å². The minimum atomic E-state index is -0.135. The van der Waals surface area contributed by atoms with E-state index in [4.69, 9.17) is 19.3 Å². The molecule has 0 fully saturated rings. The molecule has 0 heterocycles. The second-order valence-electron chi connectivity index (χ2n) is 4.51. The van der Waals surface area contributed by atoms with Crippen molar-refractivity contribution < 1.29 is 19.3 Å². The fourth-order valence-electron chi connectivity index (χ4n) is 1.32. The summed E-state index contributed by atoms with van der Waals surface area (Å²) in [7, 11) is 0. The van der Waals surface area contributed by atoms with Gasteiger partial charge in [-0.2, -0.15) is 0 Å². The summed E-state index contributed by atoms with van der Waals surface area (Å²) in [5.74, 6) is 0. The maximum atomic E-state index is 8.84. The zero-order valence-electron chi connectivity index (χ0n) is 11.6. The lowest BCUT2D eigenvalue weighted by Gasteiger charge is -2.20. The molecule has 0 aliphatic heterocycles. The zero-order chi connectivity index (χ0) is 13.1. The van der Waals surface area contributed by atoms with Crippen LogP contribution in [-0.2, 0) is 14.2 Å². The van der Waals surface area contributed by atoms with Crippen molar-refractivity contribution in [1.29, 1.82) is 0 Å². The standard InChI is InChI=1S/C13H28O4/c1-5-6-7-15-9-12(3)16-10-13(4)17-11(2)8-14/h11-14H,5-10H2,1-4H3. The number of hydrogen-bond donors (Lipinski definition) is 1. The van der Waals surface area contributed by atoms with Gasteiger partial charge in [-0.3, -0.25) is 0 Å². The molecule has 0 aromatic heterocycles. The van der Waals surface area contributed by atoms with Crippen LogP contribution in [0.3, 0.4) is 0 Å². The summed E-state index contributed by atoms with van der Waals surface area (Å²) in [5.41, 5.74) is 0. The van der Waals surface area contributed by atoms with Crippen LogP contribution in [0, 0.1) is 0 Å². The molecule has 0 aliphatic carbocycles. The normalized spacial score (nSPS) is 16.8. The fourth-order valence-corrected chi connectivity index (χ4v) is 1.32. The Kier molecular flexibility index (Phi) is 10.9. The van der Waals surface area contributed by atoms with Crippen molar-refractivity contribution in [3.63, 3.8) is 0 Å². The molecule has 3 atom stereocenters. The third kappa shape index (κ3) is 10.7. The van der Waals surface area contributed by atoms with Crippen LogP contribution in [-0.4, -0.2) is 49.8 Å². The number of hydrogen-bond acceptors (Lipinski definition) is 4. The number of aliphatic hydroxyl groups is 1. The highest BCUT2D eigenvalue weighted by atomic mass is 16.6. The third-order valence-electron chi connectivity index (χ3n) is 2.33. The summed E-state index contributed by atoms with van der Waals surface area (Å²) < 4.78 is 16.5. The quantitative estimate of drug-likeness (QED) is 0.568. The average Bonchev–Trinajstić information content (AvgIpc) is 2.32. The highest BCUT2D eigenvalue weighted by molar-refractivity contribution is 4.55. The largest absolute Gasteiger partial charge is 0.394 e. The van der Waals surface area contributed by atoms with Gasteiger partial charge in [0, 0.05) is 6.61 Å². The summed E-state index contributed by atoms with van der Waals surface area (Å²) in [5, 5.41) is 8.84. The first-order valence-electron chi connectivity index (χ1n) is 6.55. The Bertz CT molecular complexity index is 163. The molecule has 0 rings (SSSR count). The molecule has 3 unspecified atom stereocenters. The van der Waals surface area contributed by atoms with Crippen LogP contribution in [0.25, 0.3) is 0 Å². The second-order valence-corrected chi connectivity index (χ2v) is 4.51. The predicted octanol–water partition coefficient (Wildman–Crippen LogP) is 1.99. The van der Waals surface area contributed by atoms with Gasteiger partial charge in [0.1, 0.15) is 0 Å². The summed E-state index contributed by atoms with van der Waals surface area (Å²) in [6, 6.07) is 0.